The van der Waals surface area contributed by atoms with Gasteiger partial charge in [-0.25, -0.2) is 9.67 Å². The quantitative estimate of drug-likeness (QED) is 0.538. The van der Waals surface area contributed by atoms with Crippen molar-refractivity contribution in [3.05, 3.63) is 52.5 Å². The van der Waals surface area contributed by atoms with Gasteiger partial charge in [-0.05, 0) is 37.0 Å². The lowest BCUT2D eigenvalue weighted by molar-refractivity contribution is 0.378. The molecule has 0 unspecified atom stereocenters. The minimum absolute atomic E-state index is 0.510. The molecule has 4 aromatic rings. The van der Waals surface area contributed by atoms with Crippen molar-refractivity contribution in [1.82, 2.24) is 24.9 Å². The van der Waals surface area contributed by atoms with Gasteiger partial charge in [0, 0.05) is 31.3 Å². The summed E-state index contributed by atoms with van der Waals surface area (Å²) in [6.07, 6.45) is 1.37. The molecule has 2 N–H and O–H groups in total. The molecule has 0 saturated heterocycles. The molecule has 0 aliphatic carbocycles. The SMILES string of the molecule is COc1nn(C)c2nc(C)c(CCc3nc(-c4ccc(CN)cc4)no3)c(C)c12. The summed E-state index contributed by atoms with van der Waals surface area (Å²) < 4.78 is 12.6. The molecule has 3 heterocycles. The van der Waals surface area contributed by atoms with E-state index in [2.05, 4.69) is 22.2 Å². The Morgan fingerprint density at radius 2 is 1.86 bits per heavy atom. The summed E-state index contributed by atoms with van der Waals surface area (Å²) in [7, 11) is 3.50. The van der Waals surface area contributed by atoms with E-state index in [9.17, 15) is 0 Å². The van der Waals surface area contributed by atoms with Crippen molar-refractivity contribution in [1.29, 1.82) is 0 Å². The predicted octanol–water partition coefficient (Wildman–Crippen LogP) is 2.89. The first-order valence-corrected chi connectivity index (χ1v) is 9.50. The molecule has 0 bridgehead atoms. The summed E-state index contributed by atoms with van der Waals surface area (Å²) in [6.45, 7) is 4.60. The van der Waals surface area contributed by atoms with Crippen LogP contribution in [-0.2, 0) is 26.4 Å². The second kappa shape index (κ2) is 7.63. The molecule has 1 aromatic carbocycles. The standard InChI is InChI=1S/C21H24N6O2/c1-12-16(13(2)23-20-18(12)21(28-4)25-27(20)3)9-10-17-24-19(26-29-17)15-7-5-14(11-22)6-8-15/h5-8H,9-11,22H2,1-4H3. The zero-order valence-corrected chi connectivity index (χ0v) is 17.1. The van der Waals surface area contributed by atoms with E-state index in [1.165, 1.54) is 0 Å². The van der Waals surface area contributed by atoms with Crippen molar-refractivity contribution in [3.63, 3.8) is 0 Å². The van der Waals surface area contributed by atoms with Gasteiger partial charge in [0.1, 0.15) is 0 Å². The molecule has 150 valence electrons. The highest BCUT2D eigenvalue weighted by molar-refractivity contribution is 5.86. The van der Waals surface area contributed by atoms with Gasteiger partial charge in [-0.3, -0.25) is 0 Å². The number of aromatic nitrogens is 5. The van der Waals surface area contributed by atoms with Crippen LogP contribution in [0.2, 0.25) is 0 Å². The first-order chi connectivity index (χ1) is 14.0. The molecule has 0 saturated carbocycles. The third-order valence-corrected chi connectivity index (χ3v) is 5.22. The number of nitrogens with zero attached hydrogens (tertiary/aromatic N) is 5. The molecule has 0 atom stereocenters. The van der Waals surface area contributed by atoms with Crippen LogP contribution in [0.1, 0.15) is 28.3 Å². The van der Waals surface area contributed by atoms with Gasteiger partial charge in [-0.1, -0.05) is 29.4 Å². The topological polar surface area (TPSA) is 105 Å². The number of rotatable bonds is 6. The largest absolute Gasteiger partial charge is 0.479 e. The van der Waals surface area contributed by atoms with Gasteiger partial charge in [-0.2, -0.15) is 4.98 Å². The van der Waals surface area contributed by atoms with E-state index < -0.39 is 0 Å². The molecule has 0 fully saturated rings. The van der Waals surface area contributed by atoms with E-state index in [0.717, 1.165) is 45.4 Å². The van der Waals surface area contributed by atoms with Gasteiger partial charge in [0.15, 0.2) is 5.65 Å². The smallest absolute Gasteiger partial charge is 0.242 e. The van der Waals surface area contributed by atoms with E-state index in [0.29, 0.717) is 30.6 Å². The highest BCUT2D eigenvalue weighted by Crippen LogP contribution is 2.30. The van der Waals surface area contributed by atoms with Crippen molar-refractivity contribution in [3.8, 4) is 17.3 Å². The monoisotopic (exact) mass is 392 g/mol. The lowest BCUT2D eigenvalue weighted by Gasteiger charge is -2.10. The number of hydrogen-bond donors (Lipinski definition) is 1. The fourth-order valence-electron chi connectivity index (χ4n) is 3.60. The summed E-state index contributed by atoms with van der Waals surface area (Å²) in [6, 6.07) is 7.86. The van der Waals surface area contributed by atoms with Crippen molar-refractivity contribution in [2.24, 2.45) is 12.8 Å². The second-order valence-corrected chi connectivity index (χ2v) is 7.05. The average molecular weight is 392 g/mol. The Balaban J connectivity index is 1.58. The highest BCUT2D eigenvalue weighted by Gasteiger charge is 2.18. The molecule has 0 spiro atoms. The van der Waals surface area contributed by atoms with Crippen molar-refractivity contribution in [2.45, 2.75) is 33.2 Å². The fraction of sp³-hybridized carbons (Fsp3) is 0.333. The number of hydrogen-bond acceptors (Lipinski definition) is 7. The maximum absolute atomic E-state index is 5.65. The van der Waals surface area contributed by atoms with Crippen LogP contribution in [0.4, 0.5) is 0 Å². The second-order valence-electron chi connectivity index (χ2n) is 7.05. The molecule has 3 aromatic heterocycles. The van der Waals surface area contributed by atoms with E-state index in [1.54, 1.807) is 11.8 Å². The Bertz CT molecular complexity index is 1160. The molecule has 0 aliphatic heterocycles. The molecular formula is C21H24N6O2. The van der Waals surface area contributed by atoms with E-state index in [1.807, 2.05) is 38.2 Å². The highest BCUT2D eigenvalue weighted by atomic mass is 16.5. The third-order valence-electron chi connectivity index (χ3n) is 5.22. The summed E-state index contributed by atoms with van der Waals surface area (Å²) >= 11 is 0. The summed E-state index contributed by atoms with van der Waals surface area (Å²) in [5.74, 6) is 1.77. The number of pyridine rings is 1. The molecule has 0 aliphatic rings. The molecule has 29 heavy (non-hydrogen) atoms. The summed E-state index contributed by atoms with van der Waals surface area (Å²) in [5.41, 5.74) is 11.7. The maximum atomic E-state index is 5.65. The molecule has 4 rings (SSSR count). The molecule has 8 heteroatoms. The number of nitrogens with two attached hydrogens (primary N) is 1. The summed E-state index contributed by atoms with van der Waals surface area (Å²) in [4.78, 5) is 9.27. The fourth-order valence-corrected chi connectivity index (χ4v) is 3.60. The molecule has 0 radical (unpaired) electrons. The van der Waals surface area contributed by atoms with Gasteiger partial charge in [0.05, 0.1) is 12.5 Å². The van der Waals surface area contributed by atoms with Gasteiger partial charge >= 0.3 is 0 Å². The zero-order valence-electron chi connectivity index (χ0n) is 17.1. The predicted molar refractivity (Wildman–Crippen MR) is 110 cm³/mol. The van der Waals surface area contributed by atoms with Gasteiger partial charge in [-0.15, -0.1) is 5.10 Å². The van der Waals surface area contributed by atoms with Crippen LogP contribution in [0.5, 0.6) is 5.88 Å². The Labute approximate surface area is 168 Å². The Morgan fingerprint density at radius 1 is 1.10 bits per heavy atom. The lowest BCUT2D eigenvalue weighted by atomic mass is 10.0. The zero-order chi connectivity index (χ0) is 20.5. The van der Waals surface area contributed by atoms with E-state index >= 15 is 0 Å². The Morgan fingerprint density at radius 3 is 2.55 bits per heavy atom. The van der Waals surface area contributed by atoms with Gasteiger partial charge in [0.25, 0.3) is 0 Å². The number of methoxy groups -OCH3 is 1. The average Bonchev–Trinajstić information content (AvgIpc) is 3.32. The molecule has 8 nitrogen and oxygen atoms in total. The Kier molecular flexibility index (Phi) is 5.02. The molecular weight excluding hydrogens is 368 g/mol. The van der Waals surface area contributed by atoms with Crippen LogP contribution >= 0.6 is 0 Å². The van der Waals surface area contributed by atoms with Crippen LogP contribution in [0, 0.1) is 13.8 Å². The number of fused-ring (bicyclic) bond motifs is 1. The normalized spacial score (nSPS) is 11.3. The number of aryl methyl sites for hydroxylation is 4. The first kappa shape index (κ1) is 19.1. The summed E-state index contributed by atoms with van der Waals surface area (Å²) in [5, 5.41) is 9.46. The van der Waals surface area contributed by atoms with Crippen molar-refractivity contribution < 1.29 is 9.26 Å². The van der Waals surface area contributed by atoms with Gasteiger partial charge < -0.3 is 15.0 Å². The van der Waals surface area contributed by atoms with E-state index in [4.69, 9.17) is 20.0 Å². The molecule has 0 amide bonds. The van der Waals surface area contributed by atoms with Crippen LogP contribution < -0.4 is 10.5 Å². The Hall–Kier alpha value is -3.26. The first-order valence-electron chi connectivity index (χ1n) is 9.50. The minimum Gasteiger partial charge on any atom is -0.479 e. The van der Waals surface area contributed by atoms with Crippen molar-refractivity contribution in [2.75, 3.05) is 7.11 Å². The third kappa shape index (κ3) is 3.47. The maximum Gasteiger partial charge on any atom is 0.242 e. The number of ether oxygens (including phenoxy) is 1. The minimum atomic E-state index is 0.510. The van der Waals surface area contributed by atoms with Crippen LogP contribution in [0.15, 0.2) is 28.8 Å². The van der Waals surface area contributed by atoms with Crippen molar-refractivity contribution >= 4 is 11.0 Å². The van der Waals surface area contributed by atoms with Crippen LogP contribution in [-0.4, -0.2) is 32.0 Å². The van der Waals surface area contributed by atoms with Crippen LogP contribution in [0.25, 0.3) is 22.4 Å². The van der Waals surface area contributed by atoms with Crippen LogP contribution in [0.3, 0.4) is 0 Å². The van der Waals surface area contributed by atoms with Gasteiger partial charge in [0.2, 0.25) is 17.6 Å². The van der Waals surface area contributed by atoms with E-state index in [-0.39, 0.29) is 0 Å². The number of benzene rings is 1. The lowest BCUT2D eigenvalue weighted by Crippen LogP contribution is -2.02.